The zero-order chi connectivity index (χ0) is 24.1. The number of sulfonamides is 1. The van der Waals surface area contributed by atoms with E-state index in [4.69, 9.17) is 9.47 Å². The summed E-state index contributed by atoms with van der Waals surface area (Å²) in [6.45, 7) is 0. The van der Waals surface area contributed by atoms with E-state index in [0.29, 0.717) is 17.2 Å². The molecule has 8 heteroatoms. The molecule has 7 nitrogen and oxygen atoms in total. The van der Waals surface area contributed by atoms with Gasteiger partial charge in [0.15, 0.2) is 0 Å². The van der Waals surface area contributed by atoms with Crippen LogP contribution in [0.25, 0.3) is 10.8 Å². The number of benzene rings is 4. The van der Waals surface area contributed by atoms with Crippen LogP contribution in [0, 0.1) is 0 Å². The van der Waals surface area contributed by atoms with Gasteiger partial charge in [0.25, 0.3) is 10.0 Å². The summed E-state index contributed by atoms with van der Waals surface area (Å²) in [7, 11) is -1.04. The van der Waals surface area contributed by atoms with Gasteiger partial charge in [0.05, 0.1) is 36.9 Å². The first-order valence-electron chi connectivity index (χ1n) is 10.5. The van der Waals surface area contributed by atoms with Crippen molar-refractivity contribution < 1.29 is 22.7 Å². The van der Waals surface area contributed by atoms with Crippen molar-refractivity contribution in [2.45, 2.75) is 11.3 Å². The fraction of sp³-hybridized carbons (Fsp3) is 0.115. The number of anilines is 2. The Morgan fingerprint density at radius 1 is 0.794 bits per heavy atom. The van der Waals surface area contributed by atoms with Gasteiger partial charge in [-0.3, -0.25) is 9.52 Å². The maximum absolute atomic E-state index is 13.0. The van der Waals surface area contributed by atoms with Crippen LogP contribution in [0.4, 0.5) is 11.4 Å². The lowest BCUT2D eigenvalue weighted by Gasteiger charge is -2.15. The van der Waals surface area contributed by atoms with Gasteiger partial charge >= 0.3 is 0 Å². The van der Waals surface area contributed by atoms with E-state index in [1.807, 2.05) is 42.5 Å². The minimum Gasteiger partial charge on any atom is -0.495 e. The molecule has 174 valence electrons. The number of nitrogens with one attached hydrogen (secondary N) is 2. The van der Waals surface area contributed by atoms with Gasteiger partial charge in [0.1, 0.15) is 11.5 Å². The Labute approximate surface area is 198 Å². The molecule has 0 saturated carbocycles. The molecule has 0 spiro atoms. The van der Waals surface area contributed by atoms with Gasteiger partial charge in [-0.15, -0.1) is 0 Å². The molecular weight excluding hydrogens is 452 g/mol. The molecule has 0 heterocycles. The van der Waals surface area contributed by atoms with Crippen LogP contribution in [0.2, 0.25) is 0 Å². The molecule has 0 aromatic heterocycles. The second kappa shape index (κ2) is 9.84. The monoisotopic (exact) mass is 476 g/mol. The Kier molecular flexibility index (Phi) is 6.70. The number of rotatable bonds is 8. The number of ether oxygens (including phenoxy) is 2. The summed E-state index contributed by atoms with van der Waals surface area (Å²) in [6.07, 6.45) is 0.126. The average Bonchev–Trinajstić information content (AvgIpc) is 2.84. The van der Waals surface area contributed by atoms with E-state index in [-0.39, 0.29) is 22.9 Å². The Morgan fingerprint density at radius 3 is 2.26 bits per heavy atom. The smallest absolute Gasteiger partial charge is 0.262 e. The van der Waals surface area contributed by atoms with E-state index >= 15 is 0 Å². The molecule has 34 heavy (non-hydrogen) atoms. The largest absolute Gasteiger partial charge is 0.495 e. The molecule has 0 atom stereocenters. The maximum atomic E-state index is 13.0. The van der Waals surface area contributed by atoms with Gasteiger partial charge in [0.2, 0.25) is 5.91 Å². The molecule has 4 aromatic carbocycles. The van der Waals surface area contributed by atoms with Crippen LogP contribution in [0.1, 0.15) is 5.56 Å². The molecule has 0 radical (unpaired) electrons. The Balaban J connectivity index is 1.59. The molecule has 0 bridgehead atoms. The number of hydrogen-bond acceptors (Lipinski definition) is 5. The van der Waals surface area contributed by atoms with Crippen molar-refractivity contribution in [2.75, 3.05) is 24.3 Å². The molecule has 4 aromatic rings. The minimum absolute atomic E-state index is 0.0281. The minimum atomic E-state index is -3.95. The Hall–Kier alpha value is -4.04. The second-order valence-corrected chi connectivity index (χ2v) is 9.21. The Morgan fingerprint density at radius 2 is 1.47 bits per heavy atom. The molecule has 4 rings (SSSR count). The van der Waals surface area contributed by atoms with Crippen LogP contribution in [0.3, 0.4) is 0 Å². The molecule has 0 unspecified atom stereocenters. The van der Waals surface area contributed by atoms with Gasteiger partial charge in [-0.25, -0.2) is 8.42 Å². The predicted octanol–water partition coefficient (Wildman–Crippen LogP) is 4.84. The van der Waals surface area contributed by atoms with Crippen molar-refractivity contribution in [1.82, 2.24) is 0 Å². The highest BCUT2D eigenvalue weighted by Crippen LogP contribution is 2.31. The first-order valence-corrected chi connectivity index (χ1v) is 12.0. The lowest BCUT2D eigenvalue weighted by atomic mass is 10.0. The van der Waals surface area contributed by atoms with E-state index in [2.05, 4.69) is 10.0 Å². The summed E-state index contributed by atoms with van der Waals surface area (Å²) in [5, 5.41) is 4.83. The number of amides is 1. The van der Waals surface area contributed by atoms with Crippen molar-refractivity contribution >= 4 is 38.1 Å². The SMILES string of the molecule is COc1ccc(S(=O)(=O)Nc2ccccc2OC)cc1NC(=O)Cc1cccc2ccccc12. The molecule has 0 saturated heterocycles. The van der Waals surface area contributed by atoms with Crippen LogP contribution in [0.15, 0.2) is 89.8 Å². The first kappa shape index (κ1) is 23.1. The summed E-state index contributed by atoms with van der Waals surface area (Å²) >= 11 is 0. The van der Waals surface area contributed by atoms with Gasteiger partial charge in [0, 0.05) is 0 Å². The molecule has 2 N–H and O–H groups in total. The van der Waals surface area contributed by atoms with E-state index in [9.17, 15) is 13.2 Å². The predicted molar refractivity (Wildman–Crippen MR) is 133 cm³/mol. The van der Waals surface area contributed by atoms with Crippen molar-refractivity contribution in [3.63, 3.8) is 0 Å². The summed E-state index contributed by atoms with van der Waals surface area (Å²) in [6, 6.07) is 24.6. The standard InChI is InChI=1S/C26H24N2O5S/c1-32-24-13-6-5-12-22(24)28-34(30,31)20-14-15-25(33-2)23(17-20)27-26(29)16-19-10-7-9-18-8-3-4-11-21(18)19/h3-15,17,28H,16H2,1-2H3,(H,27,29). The van der Waals surface area contributed by atoms with Crippen LogP contribution < -0.4 is 19.5 Å². The topological polar surface area (TPSA) is 93.7 Å². The quantitative estimate of drug-likeness (QED) is 0.380. The lowest BCUT2D eigenvalue weighted by molar-refractivity contribution is -0.115. The first-order chi connectivity index (χ1) is 16.4. The number of carbonyl (C=O) groups excluding carboxylic acids is 1. The van der Waals surface area contributed by atoms with Crippen LogP contribution in [0.5, 0.6) is 11.5 Å². The molecule has 0 aliphatic heterocycles. The van der Waals surface area contributed by atoms with Crippen molar-refractivity contribution in [3.05, 3.63) is 90.5 Å². The zero-order valence-electron chi connectivity index (χ0n) is 18.7. The molecule has 0 aliphatic carbocycles. The summed E-state index contributed by atoms with van der Waals surface area (Å²) < 4.78 is 39.1. The van der Waals surface area contributed by atoms with Crippen molar-refractivity contribution in [3.8, 4) is 11.5 Å². The number of para-hydroxylation sites is 2. The van der Waals surface area contributed by atoms with Crippen LogP contribution >= 0.6 is 0 Å². The fourth-order valence-corrected chi connectivity index (χ4v) is 4.79. The van der Waals surface area contributed by atoms with E-state index in [0.717, 1.165) is 16.3 Å². The van der Waals surface area contributed by atoms with E-state index in [1.165, 1.54) is 32.4 Å². The van der Waals surface area contributed by atoms with Gasteiger partial charge in [-0.2, -0.15) is 0 Å². The lowest BCUT2D eigenvalue weighted by Crippen LogP contribution is -2.17. The summed E-state index contributed by atoms with van der Waals surface area (Å²) in [5.74, 6) is 0.451. The third-order valence-corrected chi connectivity index (χ3v) is 6.70. The van der Waals surface area contributed by atoms with Crippen LogP contribution in [-0.4, -0.2) is 28.5 Å². The molecular formula is C26H24N2O5S. The van der Waals surface area contributed by atoms with Gasteiger partial charge in [-0.05, 0) is 46.7 Å². The highest BCUT2D eigenvalue weighted by atomic mass is 32.2. The average molecular weight is 477 g/mol. The highest BCUT2D eigenvalue weighted by molar-refractivity contribution is 7.92. The number of hydrogen-bond donors (Lipinski definition) is 2. The third-order valence-electron chi connectivity index (χ3n) is 5.34. The van der Waals surface area contributed by atoms with Crippen LogP contribution in [-0.2, 0) is 21.2 Å². The molecule has 1 amide bonds. The van der Waals surface area contributed by atoms with Gasteiger partial charge < -0.3 is 14.8 Å². The number of methoxy groups -OCH3 is 2. The highest BCUT2D eigenvalue weighted by Gasteiger charge is 2.19. The number of carbonyl (C=O) groups is 1. The maximum Gasteiger partial charge on any atom is 0.262 e. The second-order valence-electron chi connectivity index (χ2n) is 7.53. The van der Waals surface area contributed by atoms with Crippen molar-refractivity contribution in [2.24, 2.45) is 0 Å². The van der Waals surface area contributed by atoms with Gasteiger partial charge in [-0.1, -0.05) is 54.6 Å². The van der Waals surface area contributed by atoms with Crippen molar-refractivity contribution in [1.29, 1.82) is 0 Å². The fourth-order valence-electron chi connectivity index (χ4n) is 3.70. The van der Waals surface area contributed by atoms with E-state index in [1.54, 1.807) is 24.3 Å². The zero-order valence-corrected chi connectivity index (χ0v) is 19.6. The summed E-state index contributed by atoms with van der Waals surface area (Å²) in [4.78, 5) is 12.9. The molecule has 0 aliphatic rings. The summed E-state index contributed by atoms with van der Waals surface area (Å²) in [5.41, 5.74) is 1.44. The molecule has 0 fully saturated rings. The van der Waals surface area contributed by atoms with E-state index < -0.39 is 10.0 Å². The normalized spacial score (nSPS) is 11.1. The Bertz CT molecular complexity index is 1450. The number of fused-ring (bicyclic) bond motifs is 1. The third kappa shape index (κ3) is 4.97.